The predicted molar refractivity (Wildman–Crippen MR) is 126 cm³/mol. The Bertz CT molecular complexity index is 1160. The van der Waals surface area contributed by atoms with Crippen LogP contribution in [0.5, 0.6) is 0 Å². The summed E-state index contributed by atoms with van der Waals surface area (Å²) in [6.07, 6.45) is 0. The van der Waals surface area contributed by atoms with Crippen LogP contribution in [0, 0.1) is 0 Å². The van der Waals surface area contributed by atoms with E-state index in [9.17, 15) is 9.59 Å². The second kappa shape index (κ2) is 9.34. The zero-order valence-corrected chi connectivity index (χ0v) is 18.2. The van der Waals surface area contributed by atoms with Gasteiger partial charge >= 0.3 is 0 Å². The molecule has 0 fully saturated rings. The Morgan fingerprint density at radius 1 is 0.844 bits per heavy atom. The number of hydrogen-bond donors (Lipinski definition) is 4. The van der Waals surface area contributed by atoms with E-state index in [4.69, 9.17) is 10.9 Å². The van der Waals surface area contributed by atoms with Gasteiger partial charge in [0.2, 0.25) is 0 Å². The number of nitrogens with zero attached hydrogens (tertiary/aromatic N) is 1. The van der Waals surface area contributed by atoms with Gasteiger partial charge in [0, 0.05) is 16.8 Å². The summed E-state index contributed by atoms with van der Waals surface area (Å²) in [6.45, 7) is 6.33. The SMILES string of the molecule is CC(C)(C)c1ccc(C(=O)Nc2ccccc2C(=O)Nc2cccc(/C(N)=N\O)c2)cc1. The number of nitrogens with one attached hydrogen (secondary N) is 2. The fourth-order valence-corrected chi connectivity index (χ4v) is 3.12. The quantitative estimate of drug-likeness (QED) is 0.205. The van der Waals surface area contributed by atoms with Crippen molar-refractivity contribution in [2.24, 2.45) is 10.9 Å². The molecule has 32 heavy (non-hydrogen) atoms. The third kappa shape index (κ3) is 5.31. The molecule has 2 amide bonds. The van der Waals surface area contributed by atoms with Gasteiger partial charge in [-0.05, 0) is 47.4 Å². The molecule has 0 saturated heterocycles. The molecule has 0 aliphatic carbocycles. The fraction of sp³-hybridized carbons (Fsp3) is 0.160. The molecule has 0 spiro atoms. The van der Waals surface area contributed by atoms with Crippen molar-refractivity contribution in [1.29, 1.82) is 0 Å². The third-order valence-electron chi connectivity index (χ3n) is 4.96. The molecular weight excluding hydrogens is 404 g/mol. The highest BCUT2D eigenvalue weighted by Crippen LogP contribution is 2.23. The molecular formula is C25H26N4O3. The maximum Gasteiger partial charge on any atom is 0.257 e. The molecule has 0 atom stereocenters. The second-order valence-electron chi connectivity index (χ2n) is 8.35. The highest BCUT2D eigenvalue weighted by molar-refractivity contribution is 6.12. The monoisotopic (exact) mass is 430 g/mol. The number of hydrogen-bond acceptors (Lipinski definition) is 4. The van der Waals surface area contributed by atoms with E-state index in [1.54, 1.807) is 60.7 Å². The number of oxime groups is 1. The molecule has 164 valence electrons. The summed E-state index contributed by atoms with van der Waals surface area (Å²) in [5.41, 5.74) is 8.86. The van der Waals surface area contributed by atoms with Crippen molar-refractivity contribution < 1.29 is 14.8 Å². The van der Waals surface area contributed by atoms with Crippen molar-refractivity contribution in [1.82, 2.24) is 0 Å². The average molecular weight is 431 g/mol. The van der Waals surface area contributed by atoms with Crippen LogP contribution in [-0.4, -0.2) is 22.9 Å². The van der Waals surface area contributed by atoms with E-state index in [-0.39, 0.29) is 17.2 Å². The molecule has 3 aromatic rings. The van der Waals surface area contributed by atoms with Crippen LogP contribution in [0.2, 0.25) is 0 Å². The maximum atomic E-state index is 12.9. The summed E-state index contributed by atoms with van der Waals surface area (Å²) >= 11 is 0. The summed E-state index contributed by atoms with van der Waals surface area (Å²) in [7, 11) is 0. The molecule has 5 N–H and O–H groups in total. The molecule has 0 aromatic heterocycles. The first kappa shape index (κ1) is 22.6. The molecule has 0 heterocycles. The van der Waals surface area contributed by atoms with Crippen molar-refractivity contribution in [2.75, 3.05) is 10.6 Å². The molecule has 3 aromatic carbocycles. The number of benzene rings is 3. The molecule has 0 radical (unpaired) electrons. The number of rotatable bonds is 5. The van der Waals surface area contributed by atoms with Crippen LogP contribution in [0.15, 0.2) is 78.0 Å². The van der Waals surface area contributed by atoms with Crippen LogP contribution in [0.3, 0.4) is 0 Å². The smallest absolute Gasteiger partial charge is 0.257 e. The number of amidine groups is 1. The Balaban J connectivity index is 1.78. The molecule has 0 saturated carbocycles. The van der Waals surface area contributed by atoms with Crippen molar-refractivity contribution in [3.8, 4) is 0 Å². The van der Waals surface area contributed by atoms with Gasteiger partial charge in [0.1, 0.15) is 0 Å². The van der Waals surface area contributed by atoms with E-state index in [0.717, 1.165) is 5.56 Å². The van der Waals surface area contributed by atoms with Gasteiger partial charge in [-0.2, -0.15) is 0 Å². The maximum absolute atomic E-state index is 12.9. The minimum Gasteiger partial charge on any atom is -0.409 e. The zero-order chi connectivity index (χ0) is 23.3. The molecule has 7 heteroatoms. The lowest BCUT2D eigenvalue weighted by molar-refractivity contribution is 0.102. The van der Waals surface area contributed by atoms with Gasteiger partial charge in [0.15, 0.2) is 5.84 Å². The second-order valence-corrected chi connectivity index (χ2v) is 8.35. The lowest BCUT2D eigenvalue weighted by atomic mass is 9.86. The first-order valence-corrected chi connectivity index (χ1v) is 10.1. The van der Waals surface area contributed by atoms with Crippen molar-refractivity contribution in [3.05, 3.63) is 95.1 Å². The summed E-state index contributed by atoms with van der Waals surface area (Å²) in [5, 5.41) is 17.4. The Morgan fingerprint density at radius 3 is 2.19 bits per heavy atom. The summed E-state index contributed by atoms with van der Waals surface area (Å²) in [4.78, 5) is 25.7. The minimum atomic E-state index is -0.402. The van der Waals surface area contributed by atoms with E-state index < -0.39 is 5.91 Å². The van der Waals surface area contributed by atoms with Crippen LogP contribution in [0.4, 0.5) is 11.4 Å². The van der Waals surface area contributed by atoms with E-state index in [2.05, 4.69) is 36.6 Å². The fourth-order valence-electron chi connectivity index (χ4n) is 3.12. The Morgan fingerprint density at radius 2 is 1.53 bits per heavy atom. The van der Waals surface area contributed by atoms with Gasteiger partial charge in [0.05, 0.1) is 11.3 Å². The van der Waals surface area contributed by atoms with E-state index in [1.807, 2.05) is 12.1 Å². The summed E-state index contributed by atoms with van der Waals surface area (Å²) in [5.74, 6) is -0.772. The van der Waals surface area contributed by atoms with E-state index >= 15 is 0 Å². The minimum absolute atomic E-state index is 0.00923. The molecule has 0 bridgehead atoms. The lowest BCUT2D eigenvalue weighted by Crippen LogP contribution is -2.19. The Hall–Kier alpha value is -4.13. The number of amides is 2. The van der Waals surface area contributed by atoms with Crippen LogP contribution in [0.25, 0.3) is 0 Å². The van der Waals surface area contributed by atoms with Gasteiger partial charge in [0.25, 0.3) is 11.8 Å². The predicted octanol–water partition coefficient (Wildman–Crippen LogP) is 4.58. The number of carbonyl (C=O) groups excluding carboxylic acids is 2. The number of anilines is 2. The summed E-state index contributed by atoms with van der Waals surface area (Å²) < 4.78 is 0. The standard InChI is InChI=1S/C25H26N4O3/c1-25(2,3)18-13-11-16(12-14-18)23(30)28-21-10-5-4-9-20(21)24(31)27-19-8-6-7-17(15-19)22(26)29-32/h4-15,32H,1-3H3,(H2,26,29)(H,27,31)(H,28,30). The topological polar surface area (TPSA) is 117 Å². The molecule has 3 rings (SSSR count). The zero-order valence-electron chi connectivity index (χ0n) is 18.2. The van der Waals surface area contributed by atoms with E-state index in [1.165, 1.54) is 0 Å². The first-order valence-electron chi connectivity index (χ1n) is 10.1. The van der Waals surface area contributed by atoms with Crippen LogP contribution in [-0.2, 0) is 5.41 Å². The number of para-hydroxylation sites is 1. The summed E-state index contributed by atoms with van der Waals surface area (Å²) in [6, 6.07) is 20.8. The van der Waals surface area contributed by atoms with Gasteiger partial charge < -0.3 is 21.6 Å². The van der Waals surface area contributed by atoms with Gasteiger partial charge in [-0.25, -0.2) is 0 Å². The number of nitrogens with two attached hydrogens (primary N) is 1. The third-order valence-corrected chi connectivity index (χ3v) is 4.96. The highest BCUT2D eigenvalue weighted by atomic mass is 16.4. The molecule has 0 unspecified atom stereocenters. The van der Waals surface area contributed by atoms with Crippen LogP contribution in [0.1, 0.15) is 52.6 Å². The normalized spacial score (nSPS) is 11.7. The van der Waals surface area contributed by atoms with Gasteiger partial charge in [-0.3, -0.25) is 9.59 Å². The Kier molecular flexibility index (Phi) is 6.59. The molecule has 7 nitrogen and oxygen atoms in total. The molecule has 0 aliphatic heterocycles. The van der Waals surface area contributed by atoms with Crippen LogP contribution >= 0.6 is 0 Å². The van der Waals surface area contributed by atoms with Gasteiger partial charge in [-0.1, -0.05) is 62.3 Å². The van der Waals surface area contributed by atoms with E-state index in [0.29, 0.717) is 28.1 Å². The average Bonchev–Trinajstić information content (AvgIpc) is 2.78. The Labute approximate surface area is 187 Å². The first-order chi connectivity index (χ1) is 15.2. The lowest BCUT2D eigenvalue weighted by Gasteiger charge is -2.19. The van der Waals surface area contributed by atoms with Crippen LogP contribution < -0.4 is 16.4 Å². The number of carbonyl (C=O) groups is 2. The van der Waals surface area contributed by atoms with Crippen molar-refractivity contribution in [2.45, 2.75) is 26.2 Å². The highest BCUT2D eigenvalue weighted by Gasteiger charge is 2.17. The van der Waals surface area contributed by atoms with Gasteiger partial charge in [-0.15, -0.1) is 0 Å². The van der Waals surface area contributed by atoms with Crippen molar-refractivity contribution in [3.63, 3.8) is 0 Å². The van der Waals surface area contributed by atoms with Crippen molar-refractivity contribution >= 4 is 29.0 Å². The molecule has 0 aliphatic rings. The largest absolute Gasteiger partial charge is 0.409 e.